The molecule has 2 rings (SSSR count). The first kappa shape index (κ1) is 13.9. The monoisotopic (exact) mass is 343 g/mol. The molecule has 0 spiro atoms. The number of hydrogen-bond acceptors (Lipinski definition) is 1. The van der Waals surface area contributed by atoms with Gasteiger partial charge < -0.3 is 0 Å². The minimum absolute atomic E-state index is 0.131. The summed E-state index contributed by atoms with van der Waals surface area (Å²) < 4.78 is 0.938. The van der Waals surface area contributed by atoms with E-state index < -0.39 is 0 Å². The first-order valence-corrected chi connectivity index (χ1v) is 7.17. The predicted octanol–water partition coefficient (Wildman–Crippen LogP) is 5.33. The highest BCUT2D eigenvalue weighted by Gasteiger charge is 2.12. The molecule has 0 aliphatic rings. The Bertz CT molecular complexity index is 537. The van der Waals surface area contributed by atoms with Gasteiger partial charge in [-0.25, -0.2) is 0 Å². The van der Waals surface area contributed by atoms with Gasteiger partial charge in [0.2, 0.25) is 0 Å². The lowest BCUT2D eigenvalue weighted by molar-refractivity contribution is 0.869. The van der Waals surface area contributed by atoms with E-state index >= 15 is 0 Å². The first-order chi connectivity index (χ1) is 8.56. The zero-order valence-corrected chi connectivity index (χ0v) is 12.9. The SMILES string of the molecule is Cc1cccnc1CC(Cl)c1cc(Cl)cc(Br)c1. The number of nitrogens with zero attached hydrogens (tertiary/aromatic N) is 1. The number of aryl methyl sites for hydroxylation is 1. The molecule has 0 aliphatic carbocycles. The summed E-state index contributed by atoms with van der Waals surface area (Å²) in [5, 5.41) is 0.552. The Hall–Kier alpha value is -0.570. The van der Waals surface area contributed by atoms with Crippen LogP contribution in [0.25, 0.3) is 0 Å². The highest BCUT2D eigenvalue weighted by atomic mass is 79.9. The standard InChI is InChI=1S/C14H12BrCl2N/c1-9-3-2-4-18-14(9)8-13(17)10-5-11(15)7-12(16)6-10/h2-7,13H,8H2,1H3. The molecular weight excluding hydrogens is 333 g/mol. The normalized spacial score (nSPS) is 12.4. The van der Waals surface area contributed by atoms with Crippen LogP contribution in [0.15, 0.2) is 41.0 Å². The molecule has 94 valence electrons. The summed E-state index contributed by atoms with van der Waals surface area (Å²) in [7, 11) is 0. The minimum atomic E-state index is -0.131. The fraction of sp³-hybridized carbons (Fsp3) is 0.214. The molecule has 4 heteroatoms. The van der Waals surface area contributed by atoms with Gasteiger partial charge in [0, 0.05) is 27.8 Å². The topological polar surface area (TPSA) is 12.9 Å². The van der Waals surface area contributed by atoms with Crippen molar-refractivity contribution >= 4 is 39.1 Å². The lowest BCUT2D eigenvalue weighted by Gasteiger charge is -2.12. The number of halogens is 3. The predicted molar refractivity (Wildman–Crippen MR) is 80.4 cm³/mol. The minimum Gasteiger partial charge on any atom is -0.261 e. The number of pyridine rings is 1. The summed E-state index contributed by atoms with van der Waals surface area (Å²) >= 11 is 15.9. The van der Waals surface area contributed by atoms with Crippen molar-refractivity contribution in [1.29, 1.82) is 0 Å². The fourth-order valence-electron chi connectivity index (χ4n) is 1.78. The molecule has 0 amide bonds. The molecule has 1 aromatic carbocycles. The molecule has 0 saturated heterocycles. The van der Waals surface area contributed by atoms with Gasteiger partial charge >= 0.3 is 0 Å². The quantitative estimate of drug-likeness (QED) is 0.686. The molecule has 2 aromatic rings. The lowest BCUT2D eigenvalue weighted by atomic mass is 10.0. The Morgan fingerprint density at radius 3 is 2.78 bits per heavy atom. The van der Waals surface area contributed by atoms with E-state index in [4.69, 9.17) is 23.2 Å². The largest absolute Gasteiger partial charge is 0.261 e. The molecule has 0 radical (unpaired) electrons. The molecule has 1 unspecified atom stereocenters. The van der Waals surface area contributed by atoms with Crippen LogP contribution in [0.2, 0.25) is 5.02 Å². The molecule has 18 heavy (non-hydrogen) atoms. The van der Waals surface area contributed by atoms with Crippen LogP contribution in [-0.4, -0.2) is 4.98 Å². The molecular formula is C14H12BrCl2N. The summed E-state index contributed by atoms with van der Waals surface area (Å²) in [5.41, 5.74) is 3.18. The lowest BCUT2D eigenvalue weighted by Crippen LogP contribution is -2.00. The van der Waals surface area contributed by atoms with Crippen LogP contribution in [0.3, 0.4) is 0 Å². The molecule has 0 fully saturated rings. The highest BCUT2D eigenvalue weighted by molar-refractivity contribution is 9.10. The Morgan fingerprint density at radius 1 is 1.33 bits per heavy atom. The van der Waals surface area contributed by atoms with Crippen LogP contribution in [0, 0.1) is 6.92 Å². The first-order valence-electron chi connectivity index (χ1n) is 5.57. The zero-order chi connectivity index (χ0) is 13.1. The second-order valence-corrected chi connectivity index (χ2v) is 6.02. The van der Waals surface area contributed by atoms with E-state index in [1.165, 1.54) is 0 Å². The third kappa shape index (κ3) is 3.47. The van der Waals surface area contributed by atoms with Gasteiger partial charge in [-0.1, -0.05) is 33.6 Å². The highest BCUT2D eigenvalue weighted by Crippen LogP contribution is 2.30. The van der Waals surface area contributed by atoms with E-state index in [1.54, 1.807) is 6.20 Å². The van der Waals surface area contributed by atoms with Crippen LogP contribution < -0.4 is 0 Å². The van der Waals surface area contributed by atoms with E-state index in [9.17, 15) is 0 Å². The van der Waals surface area contributed by atoms with Gasteiger partial charge in [0.05, 0.1) is 5.38 Å². The van der Waals surface area contributed by atoms with Gasteiger partial charge in [-0.15, -0.1) is 11.6 Å². The van der Waals surface area contributed by atoms with Gasteiger partial charge in [0.1, 0.15) is 0 Å². The van der Waals surface area contributed by atoms with Gasteiger partial charge in [-0.3, -0.25) is 4.98 Å². The molecule has 1 aromatic heterocycles. The summed E-state index contributed by atoms with van der Waals surface area (Å²) in [6.45, 7) is 2.04. The Morgan fingerprint density at radius 2 is 2.11 bits per heavy atom. The summed E-state index contributed by atoms with van der Waals surface area (Å²) in [5.74, 6) is 0. The average Bonchev–Trinajstić information content (AvgIpc) is 2.31. The second-order valence-electron chi connectivity index (χ2n) is 4.14. The van der Waals surface area contributed by atoms with Crippen LogP contribution in [0.5, 0.6) is 0 Å². The maximum Gasteiger partial charge on any atom is 0.0641 e. The molecule has 0 aliphatic heterocycles. The van der Waals surface area contributed by atoms with Gasteiger partial charge in [-0.05, 0) is 42.3 Å². The van der Waals surface area contributed by atoms with Crippen LogP contribution >= 0.6 is 39.1 Å². The van der Waals surface area contributed by atoms with Crippen molar-refractivity contribution in [3.05, 3.63) is 62.8 Å². The molecule has 0 saturated carbocycles. The number of aromatic nitrogens is 1. The van der Waals surface area contributed by atoms with Crippen molar-refractivity contribution in [3.8, 4) is 0 Å². The molecule has 0 bridgehead atoms. The van der Waals surface area contributed by atoms with Crippen LogP contribution in [-0.2, 0) is 6.42 Å². The van der Waals surface area contributed by atoms with E-state index in [1.807, 2.05) is 37.3 Å². The summed E-state index contributed by atoms with van der Waals surface area (Å²) in [4.78, 5) is 4.36. The molecule has 1 nitrogen and oxygen atoms in total. The van der Waals surface area contributed by atoms with Crippen molar-refractivity contribution in [2.45, 2.75) is 18.7 Å². The van der Waals surface area contributed by atoms with Crippen molar-refractivity contribution < 1.29 is 0 Å². The van der Waals surface area contributed by atoms with Crippen LogP contribution in [0.4, 0.5) is 0 Å². The van der Waals surface area contributed by atoms with Crippen molar-refractivity contribution in [1.82, 2.24) is 4.98 Å². The third-order valence-electron chi connectivity index (χ3n) is 2.74. The van der Waals surface area contributed by atoms with E-state index in [2.05, 4.69) is 20.9 Å². The third-order valence-corrected chi connectivity index (χ3v) is 3.82. The van der Waals surface area contributed by atoms with Crippen molar-refractivity contribution in [3.63, 3.8) is 0 Å². The van der Waals surface area contributed by atoms with Gasteiger partial charge in [0.25, 0.3) is 0 Å². The second kappa shape index (κ2) is 6.05. The summed E-state index contributed by atoms with van der Waals surface area (Å²) in [6.07, 6.45) is 2.49. The molecule has 0 N–H and O–H groups in total. The maximum absolute atomic E-state index is 6.44. The van der Waals surface area contributed by atoms with E-state index in [0.29, 0.717) is 11.4 Å². The number of alkyl halides is 1. The number of rotatable bonds is 3. The smallest absolute Gasteiger partial charge is 0.0641 e. The fourth-order valence-corrected chi connectivity index (χ4v) is 2.93. The van der Waals surface area contributed by atoms with Crippen LogP contribution in [0.1, 0.15) is 22.2 Å². The maximum atomic E-state index is 6.44. The van der Waals surface area contributed by atoms with Gasteiger partial charge in [0.15, 0.2) is 0 Å². The Balaban J connectivity index is 2.22. The number of benzene rings is 1. The van der Waals surface area contributed by atoms with Crippen molar-refractivity contribution in [2.75, 3.05) is 0 Å². The van der Waals surface area contributed by atoms with E-state index in [-0.39, 0.29) is 5.38 Å². The number of hydrogen-bond donors (Lipinski definition) is 0. The summed E-state index contributed by atoms with van der Waals surface area (Å²) in [6, 6.07) is 9.70. The van der Waals surface area contributed by atoms with Crippen molar-refractivity contribution in [2.24, 2.45) is 0 Å². The zero-order valence-electron chi connectivity index (χ0n) is 9.83. The Kier molecular flexibility index (Phi) is 4.66. The molecule has 1 heterocycles. The van der Waals surface area contributed by atoms with Gasteiger partial charge in [-0.2, -0.15) is 0 Å². The van der Waals surface area contributed by atoms with E-state index in [0.717, 1.165) is 21.3 Å². The molecule has 1 atom stereocenters. The Labute approximate surface area is 125 Å². The average molecular weight is 345 g/mol.